The number of aromatic nitrogens is 3. The summed E-state index contributed by atoms with van der Waals surface area (Å²) >= 11 is 0. The molecule has 0 saturated carbocycles. The van der Waals surface area contributed by atoms with Crippen molar-refractivity contribution in [2.45, 2.75) is 78.2 Å². The van der Waals surface area contributed by atoms with Crippen LogP contribution in [0.4, 0.5) is 0 Å². The Morgan fingerprint density at radius 3 is 2.20 bits per heavy atom. The summed E-state index contributed by atoms with van der Waals surface area (Å²) in [6.45, 7) is 5.94. The van der Waals surface area contributed by atoms with Gasteiger partial charge in [0.2, 0.25) is 0 Å². The fourth-order valence-electron chi connectivity index (χ4n) is 3.23. The maximum Gasteiger partial charge on any atom is 0.116 e. The molecule has 0 fully saturated rings. The van der Waals surface area contributed by atoms with Gasteiger partial charge in [-0.1, -0.05) is 86.9 Å². The van der Waals surface area contributed by atoms with Gasteiger partial charge in [0.1, 0.15) is 5.69 Å². The number of rotatable bonds is 12. The third-order valence-corrected chi connectivity index (χ3v) is 4.77. The number of benzene rings is 1. The first-order valence-electron chi connectivity index (χ1n) is 9.95. The summed E-state index contributed by atoms with van der Waals surface area (Å²) in [5.74, 6) is 0. The van der Waals surface area contributed by atoms with E-state index in [1.165, 1.54) is 62.6 Å². The van der Waals surface area contributed by atoms with Crippen LogP contribution in [0.2, 0.25) is 0 Å². The average Bonchev–Trinajstić information content (AvgIpc) is 3.01. The van der Waals surface area contributed by atoms with Crippen LogP contribution in [0.25, 0.3) is 11.3 Å². The van der Waals surface area contributed by atoms with Gasteiger partial charge in [-0.3, -0.25) is 0 Å². The molecule has 0 bridgehead atoms. The lowest BCUT2D eigenvalue weighted by atomic mass is 10.1. The minimum Gasteiger partial charge on any atom is -0.330 e. The predicted octanol–water partition coefficient (Wildman–Crippen LogP) is 4.90. The maximum atomic E-state index is 5.83. The van der Waals surface area contributed by atoms with Crippen molar-refractivity contribution in [2.75, 3.05) is 6.54 Å². The largest absolute Gasteiger partial charge is 0.330 e. The number of hydrogen-bond acceptors (Lipinski definition) is 3. The molecule has 2 N–H and O–H groups in total. The zero-order valence-electron chi connectivity index (χ0n) is 16.0. The van der Waals surface area contributed by atoms with Crippen molar-refractivity contribution in [1.29, 1.82) is 0 Å². The second-order valence-corrected chi connectivity index (χ2v) is 6.99. The van der Waals surface area contributed by atoms with Gasteiger partial charge in [0, 0.05) is 18.5 Å². The highest BCUT2D eigenvalue weighted by atomic mass is 15.4. The molecule has 1 aromatic heterocycles. The van der Waals surface area contributed by atoms with Crippen LogP contribution in [0.5, 0.6) is 0 Å². The highest BCUT2D eigenvalue weighted by molar-refractivity contribution is 5.61. The molecule has 0 aliphatic carbocycles. The minimum absolute atomic E-state index is 0.629. The Labute approximate surface area is 152 Å². The van der Waals surface area contributed by atoms with Crippen LogP contribution in [0.3, 0.4) is 0 Å². The van der Waals surface area contributed by atoms with E-state index in [0.29, 0.717) is 6.54 Å². The smallest absolute Gasteiger partial charge is 0.116 e. The Morgan fingerprint density at radius 2 is 1.56 bits per heavy atom. The van der Waals surface area contributed by atoms with Crippen LogP contribution in [-0.4, -0.2) is 21.5 Å². The highest BCUT2D eigenvalue weighted by Gasteiger charge is 2.13. The molecule has 138 valence electrons. The van der Waals surface area contributed by atoms with Crippen molar-refractivity contribution in [3.05, 3.63) is 35.5 Å². The molecule has 0 aliphatic heterocycles. The second-order valence-electron chi connectivity index (χ2n) is 6.99. The van der Waals surface area contributed by atoms with E-state index in [4.69, 9.17) is 5.73 Å². The Kier molecular flexibility index (Phi) is 8.67. The number of aryl methyl sites for hydroxylation is 2. The van der Waals surface area contributed by atoms with E-state index in [1.54, 1.807) is 0 Å². The Hall–Kier alpha value is -1.68. The van der Waals surface area contributed by atoms with Gasteiger partial charge in [0.05, 0.1) is 5.69 Å². The Balaban J connectivity index is 1.87. The van der Waals surface area contributed by atoms with Crippen molar-refractivity contribution in [3.8, 4) is 11.3 Å². The average molecular weight is 343 g/mol. The summed E-state index contributed by atoms with van der Waals surface area (Å²) in [6.07, 6.45) is 11.4. The van der Waals surface area contributed by atoms with E-state index in [9.17, 15) is 0 Å². The SMILES string of the molecule is CCCCCCCCCCn1nnc(-c2ccc(C)cc2)c1CCN. The zero-order chi connectivity index (χ0) is 17.9. The molecular formula is C21H34N4. The fraction of sp³-hybridized carbons (Fsp3) is 0.619. The van der Waals surface area contributed by atoms with Crippen molar-refractivity contribution < 1.29 is 0 Å². The van der Waals surface area contributed by atoms with Gasteiger partial charge in [0.15, 0.2) is 0 Å². The van der Waals surface area contributed by atoms with E-state index < -0.39 is 0 Å². The molecule has 1 aromatic carbocycles. The Morgan fingerprint density at radius 1 is 0.920 bits per heavy atom. The third kappa shape index (κ3) is 6.28. The number of hydrogen-bond donors (Lipinski definition) is 1. The first-order valence-corrected chi connectivity index (χ1v) is 9.95. The lowest BCUT2D eigenvalue weighted by Crippen LogP contribution is -2.11. The molecule has 4 nitrogen and oxygen atoms in total. The lowest BCUT2D eigenvalue weighted by Gasteiger charge is -2.08. The van der Waals surface area contributed by atoms with Gasteiger partial charge in [-0.05, 0) is 19.9 Å². The first kappa shape index (κ1) is 19.6. The maximum absolute atomic E-state index is 5.83. The molecule has 0 saturated heterocycles. The van der Waals surface area contributed by atoms with E-state index >= 15 is 0 Å². The van der Waals surface area contributed by atoms with Crippen LogP contribution >= 0.6 is 0 Å². The standard InChI is InChI=1S/C21H34N4/c1-3-4-5-6-7-8-9-10-17-25-20(15-16-22)21(23-24-25)19-13-11-18(2)12-14-19/h11-14H,3-10,15-17,22H2,1-2H3. The van der Waals surface area contributed by atoms with E-state index in [-0.39, 0.29) is 0 Å². The van der Waals surface area contributed by atoms with Gasteiger partial charge < -0.3 is 5.73 Å². The van der Waals surface area contributed by atoms with Crippen molar-refractivity contribution >= 4 is 0 Å². The molecule has 1 heterocycles. The predicted molar refractivity (Wildman–Crippen MR) is 106 cm³/mol. The van der Waals surface area contributed by atoms with Gasteiger partial charge in [-0.25, -0.2) is 4.68 Å². The second kappa shape index (κ2) is 11.0. The van der Waals surface area contributed by atoms with Crippen LogP contribution in [0, 0.1) is 6.92 Å². The fourth-order valence-corrected chi connectivity index (χ4v) is 3.23. The molecule has 4 heteroatoms. The summed E-state index contributed by atoms with van der Waals surface area (Å²) in [4.78, 5) is 0. The molecule has 0 amide bonds. The van der Waals surface area contributed by atoms with E-state index in [0.717, 1.165) is 24.2 Å². The number of nitrogens with two attached hydrogens (primary N) is 1. The topological polar surface area (TPSA) is 56.7 Å². The van der Waals surface area contributed by atoms with Crippen LogP contribution in [0.15, 0.2) is 24.3 Å². The van der Waals surface area contributed by atoms with Crippen molar-refractivity contribution in [3.63, 3.8) is 0 Å². The molecule has 2 rings (SSSR count). The normalized spacial score (nSPS) is 11.2. The first-order chi connectivity index (χ1) is 12.3. The van der Waals surface area contributed by atoms with Gasteiger partial charge in [0.25, 0.3) is 0 Å². The quantitative estimate of drug-likeness (QED) is 0.558. The summed E-state index contributed by atoms with van der Waals surface area (Å²) in [5, 5.41) is 8.84. The minimum atomic E-state index is 0.629. The monoisotopic (exact) mass is 342 g/mol. The molecule has 25 heavy (non-hydrogen) atoms. The van der Waals surface area contributed by atoms with Crippen LogP contribution in [0.1, 0.15) is 69.5 Å². The molecule has 2 aromatic rings. The van der Waals surface area contributed by atoms with Gasteiger partial charge >= 0.3 is 0 Å². The molecular weight excluding hydrogens is 308 g/mol. The van der Waals surface area contributed by atoms with Crippen LogP contribution < -0.4 is 5.73 Å². The summed E-state index contributed by atoms with van der Waals surface area (Å²) < 4.78 is 2.07. The summed E-state index contributed by atoms with van der Waals surface area (Å²) in [6, 6.07) is 8.50. The lowest BCUT2D eigenvalue weighted by molar-refractivity contribution is 0.499. The number of nitrogens with zero attached hydrogens (tertiary/aromatic N) is 3. The van der Waals surface area contributed by atoms with E-state index in [2.05, 4.69) is 53.1 Å². The zero-order valence-corrected chi connectivity index (χ0v) is 16.0. The highest BCUT2D eigenvalue weighted by Crippen LogP contribution is 2.22. The van der Waals surface area contributed by atoms with Crippen molar-refractivity contribution in [1.82, 2.24) is 15.0 Å². The summed E-state index contributed by atoms with van der Waals surface area (Å²) in [7, 11) is 0. The molecule has 0 spiro atoms. The van der Waals surface area contributed by atoms with Crippen molar-refractivity contribution in [2.24, 2.45) is 5.73 Å². The molecule has 0 unspecified atom stereocenters. The Bertz CT molecular complexity index is 601. The van der Waals surface area contributed by atoms with E-state index in [1.807, 2.05) is 0 Å². The molecule has 0 aliphatic rings. The van der Waals surface area contributed by atoms with Crippen LogP contribution in [-0.2, 0) is 13.0 Å². The molecule has 0 radical (unpaired) electrons. The molecule has 0 atom stereocenters. The number of unbranched alkanes of at least 4 members (excludes halogenated alkanes) is 7. The van der Waals surface area contributed by atoms with Gasteiger partial charge in [-0.2, -0.15) is 0 Å². The van der Waals surface area contributed by atoms with Gasteiger partial charge in [-0.15, -0.1) is 5.10 Å². The summed E-state index contributed by atoms with van der Waals surface area (Å²) in [5.41, 5.74) is 10.4. The third-order valence-electron chi connectivity index (χ3n) is 4.77.